The molecule has 0 fully saturated rings. The summed E-state index contributed by atoms with van der Waals surface area (Å²) in [4.78, 5) is 19.4. The molecule has 0 aliphatic rings. The average Bonchev–Trinajstić information content (AvgIpc) is 2.49. The highest BCUT2D eigenvalue weighted by molar-refractivity contribution is 5.79. The maximum Gasteiger partial charge on any atom is 0.333 e. The van der Waals surface area contributed by atoms with Crippen LogP contribution in [-0.4, -0.2) is 33.4 Å². The Kier molecular flexibility index (Phi) is 10.0. The smallest absolute Gasteiger partial charge is 0.333 e. The van der Waals surface area contributed by atoms with Crippen molar-refractivity contribution in [3.05, 3.63) is 60.7 Å². The SMILES string of the molecule is Nc1ccccc1.Nc1ccccc1.O=C(O)CC(O)C(=O)O. The Bertz CT molecular complexity index is 538. The number of nitrogen functional groups attached to an aromatic ring is 2. The number of para-hydroxylation sites is 2. The van der Waals surface area contributed by atoms with Gasteiger partial charge in [-0.3, -0.25) is 4.79 Å². The molecule has 0 radical (unpaired) electrons. The molecule has 1 atom stereocenters. The van der Waals surface area contributed by atoms with Crippen molar-refractivity contribution < 1.29 is 24.9 Å². The summed E-state index contributed by atoms with van der Waals surface area (Å²) in [7, 11) is 0. The average molecular weight is 320 g/mol. The van der Waals surface area contributed by atoms with Crippen LogP contribution >= 0.6 is 0 Å². The van der Waals surface area contributed by atoms with E-state index in [1.54, 1.807) is 0 Å². The van der Waals surface area contributed by atoms with Gasteiger partial charge in [0.1, 0.15) is 0 Å². The van der Waals surface area contributed by atoms with Crippen molar-refractivity contribution in [2.45, 2.75) is 12.5 Å². The number of anilines is 2. The van der Waals surface area contributed by atoms with Gasteiger partial charge in [-0.2, -0.15) is 0 Å². The molecule has 0 aliphatic carbocycles. The van der Waals surface area contributed by atoms with E-state index in [1.807, 2.05) is 60.7 Å². The summed E-state index contributed by atoms with van der Waals surface area (Å²) in [5.41, 5.74) is 12.4. The standard InChI is InChI=1S/2C6H7N.C4H6O5/c2*7-6-4-2-1-3-5-6;5-2(4(8)9)1-3(6)7/h2*1-5H,7H2;2,5H,1H2,(H,6,7)(H,8,9). The largest absolute Gasteiger partial charge is 0.481 e. The van der Waals surface area contributed by atoms with Gasteiger partial charge in [0.2, 0.25) is 0 Å². The number of benzene rings is 2. The molecule has 0 spiro atoms. The molecule has 7 heteroatoms. The Labute approximate surface area is 133 Å². The fourth-order valence-corrected chi connectivity index (χ4v) is 1.16. The zero-order valence-corrected chi connectivity index (χ0v) is 12.4. The Morgan fingerprint density at radius 2 is 1.17 bits per heavy atom. The molecular formula is C16H20N2O5. The number of aliphatic carboxylic acids is 2. The van der Waals surface area contributed by atoms with Crippen LogP contribution in [0.3, 0.4) is 0 Å². The van der Waals surface area contributed by atoms with Gasteiger partial charge in [0, 0.05) is 11.4 Å². The summed E-state index contributed by atoms with van der Waals surface area (Å²) in [6.07, 6.45) is -2.54. The Morgan fingerprint density at radius 1 is 0.826 bits per heavy atom. The molecule has 0 heterocycles. The summed E-state index contributed by atoms with van der Waals surface area (Å²) < 4.78 is 0. The van der Waals surface area contributed by atoms with Crippen molar-refractivity contribution in [2.24, 2.45) is 0 Å². The maximum atomic E-state index is 9.72. The maximum absolute atomic E-state index is 9.72. The highest BCUT2D eigenvalue weighted by Gasteiger charge is 2.16. The van der Waals surface area contributed by atoms with E-state index >= 15 is 0 Å². The van der Waals surface area contributed by atoms with Crippen molar-refractivity contribution in [1.82, 2.24) is 0 Å². The van der Waals surface area contributed by atoms with E-state index in [1.165, 1.54) is 0 Å². The van der Waals surface area contributed by atoms with Gasteiger partial charge in [-0.25, -0.2) is 4.79 Å². The minimum absolute atomic E-state index is 0.755. The zero-order valence-electron chi connectivity index (χ0n) is 12.4. The van der Waals surface area contributed by atoms with E-state index < -0.39 is 24.5 Å². The van der Waals surface area contributed by atoms with Gasteiger partial charge >= 0.3 is 11.9 Å². The van der Waals surface area contributed by atoms with E-state index in [-0.39, 0.29) is 0 Å². The second kappa shape index (κ2) is 11.6. The van der Waals surface area contributed by atoms with Crippen LogP contribution < -0.4 is 11.5 Å². The normalized spacial score (nSPS) is 10.1. The van der Waals surface area contributed by atoms with Crippen LogP contribution in [0.2, 0.25) is 0 Å². The zero-order chi connectivity index (χ0) is 17.7. The monoisotopic (exact) mass is 320 g/mol. The molecule has 124 valence electrons. The summed E-state index contributed by atoms with van der Waals surface area (Å²) in [6, 6.07) is 19.0. The minimum Gasteiger partial charge on any atom is -0.481 e. The molecule has 0 saturated heterocycles. The number of rotatable bonds is 3. The predicted octanol–water partition coefficient (Wildman–Crippen LogP) is 1.44. The van der Waals surface area contributed by atoms with Gasteiger partial charge in [-0.05, 0) is 24.3 Å². The molecule has 23 heavy (non-hydrogen) atoms. The van der Waals surface area contributed by atoms with Crippen molar-refractivity contribution >= 4 is 23.3 Å². The summed E-state index contributed by atoms with van der Waals surface area (Å²) in [6.45, 7) is 0. The number of hydrogen-bond acceptors (Lipinski definition) is 5. The molecule has 2 aromatic carbocycles. The molecule has 1 unspecified atom stereocenters. The molecule has 0 aromatic heterocycles. The van der Waals surface area contributed by atoms with Crippen LogP contribution in [0.1, 0.15) is 6.42 Å². The lowest BCUT2D eigenvalue weighted by molar-refractivity contribution is -0.152. The molecule has 0 bridgehead atoms. The van der Waals surface area contributed by atoms with Gasteiger partial charge in [0.25, 0.3) is 0 Å². The van der Waals surface area contributed by atoms with Crippen LogP contribution in [0.15, 0.2) is 60.7 Å². The van der Waals surface area contributed by atoms with E-state index in [0.717, 1.165) is 11.4 Å². The molecule has 0 amide bonds. The predicted molar refractivity (Wildman–Crippen MR) is 87.6 cm³/mol. The molecule has 2 rings (SSSR count). The number of carboxylic acids is 2. The van der Waals surface area contributed by atoms with Crippen LogP contribution in [0.25, 0.3) is 0 Å². The topological polar surface area (TPSA) is 147 Å². The van der Waals surface area contributed by atoms with Gasteiger partial charge in [-0.15, -0.1) is 0 Å². The van der Waals surface area contributed by atoms with Crippen molar-refractivity contribution in [1.29, 1.82) is 0 Å². The second-order valence-corrected chi connectivity index (χ2v) is 4.27. The highest BCUT2D eigenvalue weighted by Crippen LogP contribution is 1.96. The van der Waals surface area contributed by atoms with Gasteiger partial charge < -0.3 is 26.8 Å². The third-order valence-corrected chi connectivity index (χ3v) is 2.25. The van der Waals surface area contributed by atoms with E-state index in [4.69, 9.17) is 26.8 Å². The minimum atomic E-state index is -1.79. The lowest BCUT2D eigenvalue weighted by Crippen LogP contribution is -2.22. The Hall–Kier alpha value is -3.06. The Balaban J connectivity index is 0.000000318. The van der Waals surface area contributed by atoms with Gasteiger partial charge in [0.15, 0.2) is 6.10 Å². The van der Waals surface area contributed by atoms with E-state index in [9.17, 15) is 9.59 Å². The molecular weight excluding hydrogens is 300 g/mol. The molecule has 0 aliphatic heterocycles. The first kappa shape index (κ1) is 19.9. The molecule has 2 aromatic rings. The first-order valence-electron chi connectivity index (χ1n) is 6.56. The van der Waals surface area contributed by atoms with Gasteiger partial charge in [-0.1, -0.05) is 36.4 Å². The lowest BCUT2D eigenvalue weighted by atomic mass is 10.3. The number of aliphatic hydroxyl groups is 1. The third kappa shape index (κ3) is 12.4. The Morgan fingerprint density at radius 3 is 1.30 bits per heavy atom. The van der Waals surface area contributed by atoms with E-state index in [2.05, 4.69) is 0 Å². The summed E-state index contributed by atoms with van der Waals surface area (Å²) in [5.74, 6) is -2.85. The summed E-state index contributed by atoms with van der Waals surface area (Å²) in [5, 5.41) is 24.1. The van der Waals surface area contributed by atoms with E-state index in [0.29, 0.717) is 0 Å². The lowest BCUT2D eigenvalue weighted by Gasteiger charge is -1.97. The number of carboxylic acid groups (broad SMARTS) is 2. The number of aliphatic hydroxyl groups excluding tert-OH is 1. The number of hydrogen-bond donors (Lipinski definition) is 5. The van der Waals surface area contributed by atoms with Gasteiger partial charge in [0.05, 0.1) is 6.42 Å². The molecule has 7 nitrogen and oxygen atoms in total. The van der Waals surface area contributed by atoms with Crippen LogP contribution in [0.5, 0.6) is 0 Å². The molecule has 0 saturated carbocycles. The van der Waals surface area contributed by atoms with Crippen molar-refractivity contribution in [2.75, 3.05) is 11.5 Å². The number of nitrogens with two attached hydrogens (primary N) is 2. The van der Waals surface area contributed by atoms with Crippen LogP contribution in [-0.2, 0) is 9.59 Å². The van der Waals surface area contributed by atoms with Crippen molar-refractivity contribution in [3.8, 4) is 0 Å². The third-order valence-electron chi connectivity index (χ3n) is 2.25. The molecule has 7 N–H and O–H groups in total. The van der Waals surface area contributed by atoms with Crippen molar-refractivity contribution in [3.63, 3.8) is 0 Å². The fourth-order valence-electron chi connectivity index (χ4n) is 1.16. The second-order valence-electron chi connectivity index (χ2n) is 4.27. The quantitative estimate of drug-likeness (QED) is 0.537. The number of carbonyl (C=O) groups is 2. The van der Waals surface area contributed by atoms with Crippen LogP contribution in [0, 0.1) is 0 Å². The highest BCUT2D eigenvalue weighted by atomic mass is 16.4. The first-order chi connectivity index (χ1) is 10.8. The first-order valence-corrected chi connectivity index (χ1v) is 6.56. The van der Waals surface area contributed by atoms with Crippen LogP contribution in [0.4, 0.5) is 11.4 Å². The fraction of sp³-hybridized carbons (Fsp3) is 0.125. The summed E-state index contributed by atoms with van der Waals surface area (Å²) >= 11 is 0.